The molecule has 4 rings (SSSR count). The largest absolute Gasteiger partial charge is 0.503 e. The fraction of sp³-hybridized carbons (Fsp3) is 0.167. The summed E-state index contributed by atoms with van der Waals surface area (Å²) in [5, 5.41) is 12.5. The van der Waals surface area contributed by atoms with Crippen LogP contribution in [0.25, 0.3) is 0 Å². The highest BCUT2D eigenvalue weighted by atomic mass is 32.1. The Labute approximate surface area is 178 Å². The fourth-order valence-corrected chi connectivity index (χ4v) is 4.42. The second-order valence-electron chi connectivity index (χ2n) is 7.17. The predicted octanol–water partition coefficient (Wildman–Crippen LogP) is 4.84. The topological polar surface area (TPSA) is 66.8 Å². The Kier molecular flexibility index (Phi) is 5.42. The first-order valence-corrected chi connectivity index (χ1v) is 10.4. The molecule has 6 heteroatoms. The van der Waals surface area contributed by atoms with Crippen LogP contribution in [-0.2, 0) is 11.3 Å². The van der Waals surface area contributed by atoms with Crippen LogP contribution in [0.1, 0.15) is 32.4 Å². The molecule has 2 aromatic carbocycles. The van der Waals surface area contributed by atoms with Crippen molar-refractivity contribution in [1.82, 2.24) is 4.90 Å². The van der Waals surface area contributed by atoms with Crippen LogP contribution in [0.2, 0.25) is 0 Å². The molecule has 30 heavy (non-hydrogen) atoms. The van der Waals surface area contributed by atoms with Gasteiger partial charge in [0.05, 0.1) is 23.6 Å². The van der Waals surface area contributed by atoms with Gasteiger partial charge in [-0.2, -0.15) is 0 Å². The van der Waals surface area contributed by atoms with Gasteiger partial charge in [0.1, 0.15) is 5.75 Å². The standard InChI is InChI=1S/C24H21NO4S/c1-15-6-3-8-17(12-15)21-20(22(26)19-10-5-11-30-19)23(27)24(28)25(21)14-16-7-4-9-18(13-16)29-2/h3-13,21,27H,14H2,1-2H3. The van der Waals surface area contributed by atoms with E-state index in [2.05, 4.69) is 0 Å². The van der Waals surface area contributed by atoms with E-state index in [0.29, 0.717) is 10.6 Å². The van der Waals surface area contributed by atoms with Gasteiger partial charge in [-0.1, -0.05) is 48.0 Å². The molecule has 1 N–H and O–H groups in total. The van der Waals surface area contributed by atoms with Crippen LogP contribution in [-0.4, -0.2) is 28.8 Å². The number of amides is 1. The van der Waals surface area contributed by atoms with E-state index in [1.54, 1.807) is 29.5 Å². The molecule has 5 nitrogen and oxygen atoms in total. The van der Waals surface area contributed by atoms with E-state index in [-0.39, 0.29) is 17.9 Å². The van der Waals surface area contributed by atoms with E-state index in [4.69, 9.17) is 4.74 Å². The van der Waals surface area contributed by atoms with Crippen molar-refractivity contribution in [3.8, 4) is 5.75 Å². The van der Waals surface area contributed by atoms with Gasteiger partial charge in [0.15, 0.2) is 5.76 Å². The van der Waals surface area contributed by atoms with Gasteiger partial charge in [0, 0.05) is 6.54 Å². The first-order valence-electron chi connectivity index (χ1n) is 9.51. The van der Waals surface area contributed by atoms with Gasteiger partial charge < -0.3 is 14.7 Å². The highest BCUT2D eigenvalue weighted by molar-refractivity contribution is 7.12. The van der Waals surface area contributed by atoms with Crippen LogP contribution in [0, 0.1) is 6.92 Å². The summed E-state index contributed by atoms with van der Waals surface area (Å²) in [4.78, 5) is 28.3. The number of hydrogen-bond acceptors (Lipinski definition) is 5. The Hall–Kier alpha value is -3.38. The van der Waals surface area contributed by atoms with E-state index < -0.39 is 17.7 Å². The number of aliphatic hydroxyl groups is 1. The Balaban J connectivity index is 1.79. The molecule has 1 amide bonds. The lowest BCUT2D eigenvalue weighted by molar-refractivity contribution is -0.130. The number of ketones is 1. The molecule has 0 saturated carbocycles. The van der Waals surface area contributed by atoms with Crippen LogP contribution in [0.5, 0.6) is 5.75 Å². The number of aryl methyl sites for hydroxylation is 1. The number of Topliss-reactive ketones (excluding diaryl/α,β-unsaturated/α-hetero) is 1. The van der Waals surface area contributed by atoms with Gasteiger partial charge in [0.25, 0.3) is 5.91 Å². The number of aliphatic hydroxyl groups excluding tert-OH is 1. The van der Waals surface area contributed by atoms with Crippen molar-refractivity contribution in [1.29, 1.82) is 0 Å². The van der Waals surface area contributed by atoms with E-state index >= 15 is 0 Å². The number of ether oxygens (including phenoxy) is 1. The normalized spacial score (nSPS) is 16.3. The zero-order valence-corrected chi connectivity index (χ0v) is 17.5. The predicted molar refractivity (Wildman–Crippen MR) is 116 cm³/mol. The molecule has 2 heterocycles. The highest BCUT2D eigenvalue weighted by Gasteiger charge is 2.44. The maximum atomic E-state index is 13.2. The van der Waals surface area contributed by atoms with Gasteiger partial charge >= 0.3 is 0 Å². The number of rotatable bonds is 6. The summed E-state index contributed by atoms with van der Waals surface area (Å²) in [5.74, 6) is -0.680. The second kappa shape index (κ2) is 8.16. The molecule has 1 aromatic heterocycles. The molecule has 3 aromatic rings. The van der Waals surface area contributed by atoms with Crippen molar-refractivity contribution in [2.45, 2.75) is 19.5 Å². The van der Waals surface area contributed by atoms with Crippen molar-refractivity contribution < 1.29 is 19.4 Å². The maximum Gasteiger partial charge on any atom is 0.290 e. The lowest BCUT2D eigenvalue weighted by Gasteiger charge is -2.27. The Bertz CT molecular complexity index is 1130. The van der Waals surface area contributed by atoms with E-state index in [9.17, 15) is 14.7 Å². The van der Waals surface area contributed by atoms with E-state index in [0.717, 1.165) is 16.7 Å². The van der Waals surface area contributed by atoms with Crippen LogP contribution in [0.15, 0.2) is 77.4 Å². The molecular weight excluding hydrogens is 398 g/mol. The van der Waals surface area contributed by atoms with E-state index in [1.165, 1.54) is 11.3 Å². The first kappa shape index (κ1) is 19.9. The van der Waals surface area contributed by atoms with E-state index in [1.807, 2.05) is 55.5 Å². The zero-order valence-electron chi connectivity index (χ0n) is 16.7. The minimum atomic E-state index is -0.668. The molecule has 0 spiro atoms. The monoisotopic (exact) mass is 419 g/mol. The average Bonchev–Trinajstić information content (AvgIpc) is 3.37. The summed E-state index contributed by atoms with van der Waals surface area (Å²) < 4.78 is 5.29. The summed E-state index contributed by atoms with van der Waals surface area (Å²) in [6.07, 6.45) is 0. The van der Waals surface area contributed by atoms with Crippen molar-refractivity contribution in [2.75, 3.05) is 7.11 Å². The number of carbonyl (C=O) groups excluding carboxylic acids is 2. The average molecular weight is 420 g/mol. The summed E-state index contributed by atoms with van der Waals surface area (Å²) in [6, 6.07) is 17.9. The van der Waals surface area contributed by atoms with Crippen LogP contribution >= 0.6 is 11.3 Å². The third-order valence-corrected chi connectivity index (χ3v) is 6.01. The smallest absolute Gasteiger partial charge is 0.290 e. The summed E-state index contributed by atoms with van der Waals surface area (Å²) in [6.45, 7) is 2.19. The summed E-state index contributed by atoms with van der Waals surface area (Å²) >= 11 is 1.29. The molecule has 0 saturated heterocycles. The van der Waals surface area contributed by atoms with Gasteiger partial charge in [-0.05, 0) is 41.6 Å². The van der Waals surface area contributed by atoms with Crippen LogP contribution in [0.3, 0.4) is 0 Å². The van der Waals surface area contributed by atoms with Crippen LogP contribution < -0.4 is 4.74 Å². The Morgan fingerprint density at radius 2 is 1.93 bits per heavy atom. The Morgan fingerprint density at radius 3 is 2.63 bits per heavy atom. The molecule has 0 bridgehead atoms. The zero-order chi connectivity index (χ0) is 21.3. The fourth-order valence-electron chi connectivity index (χ4n) is 3.74. The third-order valence-electron chi connectivity index (χ3n) is 5.14. The summed E-state index contributed by atoms with van der Waals surface area (Å²) in [5.41, 5.74) is 2.76. The molecule has 0 aliphatic carbocycles. The third kappa shape index (κ3) is 3.62. The second-order valence-corrected chi connectivity index (χ2v) is 8.12. The molecule has 1 atom stereocenters. The minimum absolute atomic E-state index is 0.121. The highest BCUT2D eigenvalue weighted by Crippen LogP contribution is 2.40. The van der Waals surface area contributed by atoms with Gasteiger partial charge in [-0.3, -0.25) is 9.59 Å². The van der Waals surface area contributed by atoms with Crippen molar-refractivity contribution >= 4 is 23.0 Å². The van der Waals surface area contributed by atoms with Crippen molar-refractivity contribution in [2.24, 2.45) is 0 Å². The molecule has 1 aliphatic heterocycles. The lowest BCUT2D eigenvalue weighted by Crippen LogP contribution is -2.30. The number of nitrogens with zero attached hydrogens (tertiary/aromatic N) is 1. The first-order chi connectivity index (χ1) is 14.5. The number of benzene rings is 2. The van der Waals surface area contributed by atoms with Gasteiger partial charge in [-0.15, -0.1) is 11.3 Å². The quantitative estimate of drug-likeness (QED) is 0.581. The number of carbonyl (C=O) groups is 2. The number of hydrogen-bond donors (Lipinski definition) is 1. The SMILES string of the molecule is COc1cccc(CN2C(=O)C(O)=C(C(=O)c3cccs3)C2c2cccc(C)c2)c1. The number of methoxy groups -OCH3 is 1. The minimum Gasteiger partial charge on any atom is -0.503 e. The maximum absolute atomic E-state index is 13.2. The molecule has 1 aliphatic rings. The molecule has 152 valence electrons. The molecular formula is C24H21NO4S. The van der Waals surface area contributed by atoms with Crippen molar-refractivity contribution in [3.63, 3.8) is 0 Å². The van der Waals surface area contributed by atoms with Crippen molar-refractivity contribution in [3.05, 3.63) is 98.9 Å². The van der Waals surface area contributed by atoms with Gasteiger partial charge in [0.2, 0.25) is 5.78 Å². The molecule has 0 fully saturated rings. The van der Waals surface area contributed by atoms with Crippen LogP contribution in [0.4, 0.5) is 0 Å². The Morgan fingerprint density at radius 1 is 1.13 bits per heavy atom. The lowest BCUT2D eigenvalue weighted by atomic mass is 9.94. The summed E-state index contributed by atoms with van der Waals surface area (Å²) in [7, 11) is 1.58. The molecule has 1 unspecified atom stereocenters. The van der Waals surface area contributed by atoms with Gasteiger partial charge in [-0.25, -0.2) is 0 Å². The molecule has 0 radical (unpaired) electrons. The number of thiophene rings is 1.